The highest BCUT2D eigenvalue weighted by atomic mass is 19.1. The number of halogens is 2. The van der Waals surface area contributed by atoms with Crippen LogP contribution in [0.25, 0.3) is 23.1 Å². The van der Waals surface area contributed by atoms with Crippen LogP contribution < -0.4 is 10.6 Å². The summed E-state index contributed by atoms with van der Waals surface area (Å²) in [5.41, 5.74) is 2.04. The van der Waals surface area contributed by atoms with E-state index in [1.807, 2.05) is 0 Å². The van der Waals surface area contributed by atoms with E-state index in [0.29, 0.717) is 16.6 Å². The highest BCUT2D eigenvalue weighted by Gasteiger charge is 2.17. The summed E-state index contributed by atoms with van der Waals surface area (Å²) in [4.78, 5) is 12.3. The number of nitrogens with zero attached hydrogens (tertiary/aromatic N) is 1. The summed E-state index contributed by atoms with van der Waals surface area (Å²) in [6.45, 7) is 0. The number of hydrogen-bond donors (Lipinski definition) is 3. The molecular weight excluding hydrogens is 374 g/mol. The zero-order valence-corrected chi connectivity index (χ0v) is 15.8. The molecule has 1 heterocycles. The van der Waals surface area contributed by atoms with Crippen LogP contribution in [-0.2, 0) is 0 Å². The SMILES string of the molecule is O=C(Nc1cc2c(C=Cc3ccc(F)cc3)n[nH]c2cc1F)NC1CCCCC1. The summed E-state index contributed by atoms with van der Waals surface area (Å²) in [5.74, 6) is -0.834. The van der Waals surface area contributed by atoms with Crippen LogP contribution >= 0.6 is 0 Å². The Kier molecular flexibility index (Phi) is 5.55. The first kappa shape index (κ1) is 19.1. The molecule has 7 heteroatoms. The number of carbonyl (C=O) groups is 1. The van der Waals surface area contributed by atoms with Crippen LogP contribution in [0.5, 0.6) is 0 Å². The van der Waals surface area contributed by atoms with Crippen molar-refractivity contribution in [2.24, 2.45) is 0 Å². The van der Waals surface area contributed by atoms with Gasteiger partial charge in [-0.25, -0.2) is 13.6 Å². The van der Waals surface area contributed by atoms with Crippen LogP contribution in [0, 0.1) is 11.6 Å². The van der Waals surface area contributed by atoms with Gasteiger partial charge in [-0.15, -0.1) is 0 Å². The van der Waals surface area contributed by atoms with Gasteiger partial charge in [0, 0.05) is 17.5 Å². The number of anilines is 1. The molecular formula is C22H22F2N4O. The van der Waals surface area contributed by atoms with E-state index in [1.54, 1.807) is 30.4 Å². The van der Waals surface area contributed by atoms with Gasteiger partial charge in [0.1, 0.15) is 11.6 Å². The Labute approximate surface area is 167 Å². The summed E-state index contributed by atoms with van der Waals surface area (Å²) in [6.07, 6.45) is 8.86. The maximum absolute atomic E-state index is 14.4. The quantitative estimate of drug-likeness (QED) is 0.548. The minimum Gasteiger partial charge on any atom is -0.335 e. The van der Waals surface area contributed by atoms with Crippen LogP contribution in [0.15, 0.2) is 36.4 Å². The lowest BCUT2D eigenvalue weighted by Crippen LogP contribution is -2.39. The minimum absolute atomic E-state index is 0.101. The lowest BCUT2D eigenvalue weighted by Gasteiger charge is -2.22. The van der Waals surface area contributed by atoms with Crippen molar-refractivity contribution in [2.75, 3.05) is 5.32 Å². The first-order chi connectivity index (χ1) is 14.1. The molecule has 0 unspecified atom stereocenters. The number of carbonyl (C=O) groups excluding carboxylic acids is 1. The molecule has 2 aromatic carbocycles. The third-order valence-corrected chi connectivity index (χ3v) is 5.17. The topological polar surface area (TPSA) is 69.8 Å². The predicted octanol–water partition coefficient (Wildman–Crippen LogP) is 5.47. The Balaban J connectivity index is 1.52. The van der Waals surface area contributed by atoms with Gasteiger partial charge in [0.2, 0.25) is 0 Å². The molecule has 1 aliphatic carbocycles. The van der Waals surface area contributed by atoms with Crippen molar-refractivity contribution in [3.05, 3.63) is 59.3 Å². The monoisotopic (exact) mass is 396 g/mol. The van der Waals surface area contributed by atoms with Crippen LogP contribution in [0.1, 0.15) is 43.4 Å². The number of H-pyrrole nitrogens is 1. The average Bonchev–Trinajstić information content (AvgIpc) is 3.10. The summed E-state index contributed by atoms with van der Waals surface area (Å²) in [7, 11) is 0. The molecule has 1 saturated carbocycles. The number of hydrogen-bond acceptors (Lipinski definition) is 2. The van der Waals surface area contributed by atoms with E-state index >= 15 is 0 Å². The molecule has 29 heavy (non-hydrogen) atoms. The standard InChI is InChI=1S/C22H22F2N4O/c23-15-9-6-14(7-10-15)8-11-19-17-12-21(18(24)13-20(17)28-27-19)26-22(29)25-16-4-2-1-3-5-16/h6-13,16H,1-5H2,(H,27,28)(H2,25,26,29). The molecule has 5 nitrogen and oxygen atoms in total. The number of aromatic nitrogens is 2. The molecule has 0 radical (unpaired) electrons. The zero-order valence-electron chi connectivity index (χ0n) is 15.8. The highest BCUT2D eigenvalue weighted by Crippen LogP contribution is 2.25. The number of rotatable bonds is 4. The fraction of sp³-hybridized carbons (Fsp3) is 0.273. The Bertz CT molecular complexity index is 1040. The Morgan fingerprint density at radius 3 is 2.59 bits per heavy atom. The van der Waals surface area contributed by atoms with E-state index in [0.717, 1.165) is 31.2 Å². The normalized spacial score (nSPS) is 15.1. The fourth-order valence-electron chi connectivity index (χ4n) is 3.62. The first-order valence-corrected chi connectivity index (χ1v) is 9.77. The van der Waals surface area contributed by atoms with Gasteiger partial charge in [-0.3, -0.25) is 5.10 Å². The predicted molar refractivity (Wildman–Crippen MR) is 110 cm³/mol. The molecule has 2 amide bonds. The van der Waals surface area contributed by atoms with Gasteiger partial charge in [-0.2, -0.15) is 5.10 Å². The highest BCUT2D eigenvalue weighted by molar-refractivity contribution is 5.96. The zero-order chi connectivity index (χ0) is 20.2. The number of aromatic amines is 1. The van der Waals surface area contributed by atoms with Gasteiger partial charge in [-0.05, 0) is 42.7 Å². The second kappa shape index (κ2) is 8.43. The molecule has 0 spiro atoms. The van der Waals surface area contributed by atoms with E-state index in [-0.39, 0.29) is 17.5 Å². The van der Waals surface area contributed by atoms with Crippen molar-refractivity contribution >= 4 is 34.8 Å². The van der Waals surface area contributed by atoms with Crippen molar-refractivity contribution in [1.29, 1.82) is 0 Å². The molecule has 0 atom stereocenters. The summed E-state index contributed by atoms with van der Waals surface area (Å²) < 4.78 is 27.4. The van der Waals surface area contributed by atoms with E-state index in [2.05, 4.69) is 20.8 Å². The lowest BCUT2D eigenvalue weighted by molar-refractivity contribution is 0.244. The average molecular weight is 396 g/mol. The van der Waals surface area contributed by atoms with Gasteiger partial charge >= 0.3 is 6.03 Å². The summed E-state index contributed by atoms with van der Waals surface area (Å²) in [5, 5.41) is 13.2. The van der Waals surface area contributed by atoms with E-state index in [9.17, 15) is 13.6 Å². The third kappa shape index (κ3) is 4.62. The maximum atomic E-state index is 14.4. The van der Waals surface area contributed by atoms with Gasteiger partial charge < -0.3 is 10.6 Å². The molecule has 0 bridgehead atoms. The number of amides is 2. The second-order valence-electron chi connectivity index (χ2n) is 7.30. The van der Waals surface area contributed by atoms with E-state index < -0.39 is 11.8 Å². The molecule has 0 saturated heterocycles. The van der Waals surface area contributed by atoms with Crippen molar-refractivity contribution < 1.29 is 13.6 Å². The maximum Gasteiger partial charge on any atom is 0.319 e. The van der Waals surface area contributed by atoms with Crippen molar-refractivity contribution in [1.82, 2.24) is 15.5 Å². The smallest absolute Gasteiger partial charge is 0.319 e. The van der Waals surface area contributed by atoms with Crippen LogP contribution in [0.2, 0.25) is 0 Å². The molecule has 3 aromatic rings. The number of urea groups is 1. The molecule has 150 valence electrons. The lowest BCUT2D eigenvalue weighted by atomic mass is 9.96. The first-order valence-electron chi connectivity index (χ1n) is 9.77. The van der Waals surface area contributed by atoms with Gasteiger partial charge in [0.05, 0.1) is 16.9 Å². The molecule has 1 fully saturated rings. The molecule has 0 aliphatic heterocycles. The molecule has 1 aliphatic rings. The van der Waals surface area contributed by atoms with E-state index in [1.165, 1.54) is 24.6 Å². The van der Waals surface area contributed by atoms with Gasteiger partial charge in [0.25, 0.3) is 0 Å². The Morgan fingerprint density at radius 2 is 1.83 bits per heavy atom. The van der Waals surface area contributed by atoms with Crippen molar-refractivity contribution in [3.63, 3.8) is 0 Å². The number of benzene rings is 2. The number of fused-ring (bicyclic) bond motifs is 1. The second-order valence-corrected chi connectivity index (χ2v) is 7.30. The summed E-state index contributed by atoms with van der Waals surface area (Å²) >= 11 is 0. The largest absolute Gasteiger partial charge is 0.335 e. The van der Waals surface area contributed by atoms with Gasteiger partial charge in [0.15, 0.2) is 0 Å². The van der Waals surface area contributed by atoms with Crippen molar-refractivity contribution in [2.45, 2.75) is 38.1 Å². The number of nitrogens with one attached hydrogen (secondary N) is 3. The fourth-order valence-corrected chi connectivity index (χ4v) is 3.62. The summed E-state index contributed by atoms with van der Waals surface area (Å²) in [6, 6.07) is 8.69. The van der Waals surface area contributed by atoms with Gasteiger partial charge in [-0.1, -0.05) is 37.5 Å². The molecule has 1 aromatic heterocycles. The van der Waals surface area contributed by atoms with Crippen LogP contribution in [0.4, 0.5) is 19.3 Å². The third-order valence-electron chi connectivity index (χ3n) is 5.17. The van der Waals surface area contributed by atoms with Crippen LogP contribution in [0.3, 0.4) is 0 Å². The minimum atomic E-state index is -0.533. The van der Waals surface area contributed by atoms with E-state index in [4.69, 9.17) is 0 Å². The Morgan fingerprint density at radius 1 is 1.07 bits per heavy atom. The van der Waals surface area contributed by atoms with Crippen LogP contribution in [-0.4, -0.2) is 22.3 Å². The molecule has 4 rings (SSSR count). The van der Waals surface area contributed by atoms with Crippen molar-refractivity contribution in [3.8, 4) is 0 Å². The Hall–Kier alpha value is -3.22. The molecule has 3 N–H and O–H groups in total.